The van der Waals surface area contributed by atoms with Crippen LogP contribution in [0.15, 0.2) is 12.4 Å². The maximum atomic E-state index is 2.59. The molecule has 2 nitrogen and oxygen atoms in total. The normalized spacial score (nSPS) is 11.5. The Kier molecular flexibility index (Phi) is 22.9. The minimum atomic E-state index is 1.22. The largest absolute Gasteiger partial charge is 0.256 e. The smallest absolute Gasteiger partial charge is 0.234 e. The van der Waals surface area contributed by atoms with Gasteiger partial charge >= 0.3 is 0 Å². The molecule has 2 heteroatoms. The van der Waals surface area contributed by atoms with Gasteiger partial charge in [-0.3, -0.25) is 0 Å². The first-order chi connectivity index (χ1) is 17.3. The van der Waals surface area contributed by atoms with Crippen LogP contribution >= 0.6 is 0 Å². The molecule has 0 saturated heterocycles. The van der Waals surface area contributed by atoms with Gasteiger partial charge in [0, 0.05) is 6.42 Å². The second kappa shape index (κ2) is 24.9. The van der Waals surface area contributed by atoms with Crippen LogP contribution in [0, 0.1) is 0 Å². The van der Waals surface area contributed by atoms with Gasteiger partial charge in [-0.15, -0.1) is 0 Å². The molecule has 0 radical (unpaired) electrons. The quantitative estimate of drug-likeness (QED) is 0.0858. The summed E-state index contributed by atoms with van der Waals surface area (Å²) in [4.78, 5) is 0. The average Bonchev–Trinajstić information content (AvgIpc) is 3.25. The molecule has 1 aromatic rings. The lowest BCUT2D eigenvalue weighted by atomic mass is 10.0. The number of aryl methyl sites for hydroxylation is 2. The summed E-state index contributed by atoms with van der Waals surface area (Å²) in [5, 5.41) is 0. The number of imidazole rings is 1. The number of hydrogen-bond donors (Lipinski definition) is 0. The van der Waals surface area contributed by atoms with Gasteiger partial charge in [-0.05, 0) is 32.1 Å². The predicted molar refractivity (Wildman–Crippen MR) is 156 cm³/mol. The highest BCUT2D eigenvalue weighted by atomic mass is 15.1. The Morgan fingerprint density at radius 3 is 1.34 bits per heavy atom. The van der Waals surface area contributed by atoms with Crippen molar-refractivity contribution in [1.82, 2.24) is 4.57 Å². The van der Waals surface area contributed by atoms with Crippen molar-refractivity contribution < 1.29 is 4.57 Å². The molecular formula is C33H65N2+. The van der Waals surface area contributed by atoms with Crippen molar-refractivity contribution in [2.75, 3.05) is 0 Å². The molecule has 0 aromatic carbocycles. The van der Waals surface area contributed by atoms with Gasteiger partial charge in [0.25, 0.3) is 5.82 Å². The van der Waals surface area contributed by atoms with E-state index in [4.69, 9.17) is 0 Å². The fourth-order valence-corrected chi connectivity index (χ4v) is 5.42. The summed E-state index contributed by atoms with van der Waals surface area (Å²) in [5.74, 6) is 1.59. The van der Waals surface area contributed by atoms with Crippen molar-refractivity contribution in [2.24, 2.45) is 0 Å². The van der Waals surface area contributed by atoms with Crippen LogP contribution < -0.4 is 4.57 Å². The molecule has 35 heavy (non-hydrogen) atoms. The van der Waals surface area contributed by atoms with Crippen LogP contribution in [0.1, 0.15) is 181 Å². The first-order valence-electron chi connectivity index (χ1n) is 16.4. The molecular weight excluding hydrogens is 424 g/mol. The van der Waals surface area contributed by atoms with Gasteiger partial charge in [0.05, 0.1) is 13.1 Å². The van der Waals surface area contributed by atoms with Gasteiger partial charge in [-0.25, -0.2) is 9.13 Å². The van der Waals surface area contributed by atoms with Gasteiger partial charge in [0.2, 0.25) is 0 Å². The number of hydrogen-bond acceptors (Lipinski definition) is 0. The SMILES string of the molecule is CCCCCCCCCCCCCCCn1cc[n+](CCCCCCCCCCC)c1CCCC. The van der Waals surface area contributed by atoms with Crippen molar-refractivity contribution in [2.45, 2.75) is 194 Å². The summed E-state index contributed by atoms with van der Waals surface area (Å²) in [6, 6.07) is 0. The minimum Gasteiger partial charge on any atom is -0.234 e. The molecule has 0 fully saturated rings. The molecule has 206 valence electrons. The van der Waals surface area contributed by atoms with Crippen LogP contribution in [0.3, 0.4) is 0 Å². The Balaban J connectivity index is 2.13. The molecule has 0 aliphatic heterocycles. The first-order valence-corrected chi connectivity index (χ1v) is 16.4. The first kappa shape index (κ1) is 32.2. The Bertz CT molecular complexity index is 547. The zero-order valence-corrected chi connectivity index (χ0v) is 24.6. The van der Waals surface area contributed by atoms with E-state index < -0.39 is 0 Å². The summed E-state index contributed by atoms with van der Waals surface area (Å²) in [7, 11) is 0. The molecule has 0 aliphatic carbocycles. The number of unbranched alkanes of at least 4 members (excludes halogenated alkanes) is 21. The summed E-state index contributed by atoms with van der Waals surface area (Å²) < 4.78 is 5.17. The molecule has 0 aliphatic rings. The maximum absolute atomic E-state index is 2.59. The highest BCUT2D eigenvalue weighted by Crippen LogP contribution is 2.14. The lowest BCUT2D eigenvalue weighted by molar-refractivity contribution is -0.704. The van der Waals surface area contributed by atoms with E-state index in [1.165, 1.54) is 174 Å². The van der Waals surface area contributed by atoms with Crippen molar-refractivity contribution in [3.8, 4) is 0 Å². The lowest BCUT2D eigenvalue weighted by Crippen LogP contribution is -2.37. The van der Waals surface area contributed by atoms with E-state index in [9.17, 15) is 0 Å². The molecule has 0 spiro atoms. The van der Waals surface area contributed by atoms with Crippen LogP contribution in [-0.2, 0) is 19.5 Å². The minimum absolute atomic E-state index is 1.22. The fraction of sp³-hybridized carbons (Fsp3) is 0.909. The highest BCUT2D eigenvalue weighted by molar-refractivity contribution is 4.84. The van der Waals surface area contributed by atoms with Crippen LogP contribution in [0.5, 0.6) is 0 Å². The van der Waals surface area contributed by atoms with Crippen molar-refractivity contribution in [3.63, 3.8) is 0 Å². The molecule has 0 bridgehead atoms. The van der Waals surface area contributed by atoms with Gasteiger partial charge in [-0.1, -0.05) is 143 Å². The van der Waals surface area contributed by atoms with E-state index in [-0.39, 0.29) is 0 Å². The van der Waals surface area contributed by atoms with Gasteiger partial charge in [0.1, 0.15) is 12.4 Å². The van der Waals surface area contributed by atoms with Crippen LogP contribution in [0.4, 0.5) is 0 Å². The maximum Gasteiger partial charge on any atom is 0.256 e. The zero-order chi connectivity index (χ0) is 25.2. The van der Waals surface area contributed by atoms with Crippen molar-refractivity contribution in [3.05, 3.63) is 18.2 Å². The fourth-order valence-electron chi connectivity index (χ4n) is 5.42. The number of nitrogens with zero attached hydrogens (tertiary/aromatic N) is 2. The summed E-state index contributed by atoms with van der Waals surface area (Å²) in [6.07, 6.45) is 40.0. The molecule has 0 unspecified atom stereocenters. The van der Waals surface area contributed by atoms with Crippen LogP contribution in [0.2, 0.25) is 0 Å². The monoisotopic (exact) mass is 490 g/mol. The second-order valence-corrected chi connectivity index (χ2v) is 11.3. The Hall–Kier alpha value is -0.790. The summed E-state index contributed by atoms with van der Waals surface area (Å²) >= 11 is 0. The van der Waals surface area contributed by atoms with E-state index >= 15 is 0 Å². The Morgan fingerprint density at radius 1 is 0.486 bits per heavy atom. The predicted octanol–water partition coefficient (Wildman–Crippen LogP) is 10.7. The van der Waals surface area contributed by atoms with E-state index in [0.717, 1.165) is 0 Å². The van der Waals surface area contributed by atoms with Gasteiger partial charge < -0.3 is 0 Å². The van der Waals surface area contributed by atoms with Crippen molar-refractivity contribution in [1.29, 1.82) is 0 Å². The molecule has 0 atom stereocenters. The molecule has 0 N–H and O–H groups in total. The van der Waals surface area contributed by atoms with Crippen LogP contribution in [-0.4, -0.2) is 4.57 Å². The highest BCUT2D eigenvalue weighted by Gasteiger charge is 2.16. The molecule has 1 heterocycles. The topological polar surface area (TPSA) is 8.81 Å². The van der Waals surface area contributed by atoms with Crippen LogP contribution in [0.25, 0.3) is 0 Å². The third kappa shape index (κ3) is 18.2. The Morgan fingerprint density at radius 2 is 0.886 bits per heavy atom. The van der Waals surface area contributed by atoms with Gasteiger partial charge in [-0.2, -0.15) is 0 Å². The van der Waals surface area contributed by atoms with Crippen molar-refractivity contribution >= 4 is 0 Å². The zero-order valence-electron chi connectivity index (χ0n) is 24.6. The number of rotatable bonds is 27. The molecule has 1 rings (SSSR count). The molecule has 0 saturated carbocycles. The average molecular weight is 490 g/mol. The van der Waals surface area contributed by atoms with E-state index in [0.29, 0.717) is 0 Å². The third-order valence-corrected chi connectivity index (χ3v) is 7.85. The van der Waals surface area contributed by atoms with E-state index in [1.807, 2.05) is 0 Å². The number of aromatic nitrogens is 2. The molecule has 1 aromatic heterocycles. The standard InChI is InChI=1S/C33H65N2/c1-4-7-10-12-14-16-17-18-19-21-23-25-27-30-35-32-31-34(33(35)28-9-6-3)29-26-24-22-20-15-13-11-8-5-2/h31-32H,4-30H2,1-3H3/q+1. The van der Waals surface area contributed by atoms with Gasteiger partial charge in [0.15, 0.2) is 0 Å². The summed E-state index contributed by atoms with van der Waals surface area (Å²) in [5.41, 5.74) is 0. The molecule has 0 amide bonds. The second-order valence-electron chi connectivity index (χ2n) is 11.3. The lowest BCUT2D eigenvalue weighted by Gasteiger charge is -2.06. The van der Waals surface area contributed by atoms with E-state index in [1.54, 1.807) is 5.82 Å². The Labute approximate surface area is 221 Å². The third-order valence-electron chi connectivity index (χ3n) is 7.85. The van der Waals surface area contributed by atoms with E-state index in [2.05, 4.69) is 42.3 Å². The summed E-state index contributed by atoms with van der Waals surface area (Å²) in [6.45, 7) is 9.38.